The number of hydrogen-bond acceptors (Lipinski definition) is 2. The Bertz CT molecular complexity index is 706. The van der Waals surface area contributed by atoms with Crippen LogP contribution in [0.15, 0.2) is 66.2 Å². The van der Waals surface area contributed by atoms with Gasteiger partial charge in [0.05, 0.1) is 0 Å². The first-order chi connectivity index (χ1) is 11.7. The molecule has 1 aliphatic heterocycles. The topological polar surface area (TPSA) is 20.3 Å². The monoisotopic (exact) mass is 339 g/mol. The maximum absolute atomic E-state index is 12.2. The summed E-state index contributed by atoms with van der Waals surface area (Å²) in [6, 6.07) is 17.7. The number of rotatable bonds is 6. The summed E-state index contributed by atoms with van der Waals surface area (Å²) in [6.07, 6.45) is 5.01. The number of halogens is 1. The maximum Gasteiger partial charge on any atom is 0.164 e. The van der Waals surface area contributed by atoms with Gasteiger partial charge in [-0.3, -0.25) is 9.69 Å². The Hall–Kier alpha value is -1.90. The Morgan fingerprint density at radius 1 is 1.04 bits per heavy atom. The number of benzene rings is 2. The molecule has 0 saturated heterocycles. The van der Waals surface area contributed by atoms with Crippen molar-refractivity contribution in [2.75, 3.05) is 19.6 Å². The molecule has 0 amide bonds. The third-order valence-corrected chi connectivity index (χ3v) is 4.73. The zero-order valence-corrected chi connectivity index (χ0v) is 14.5. The van der Waals surface area contributed by atoms with Crippen LogP contribution in [0.5, 0.6) is 0 Å². The molecule has 24 heavy (non-hydrogen) atoms. The summed E-state index contributed by atoms with van der Waals surface area (Å²) in [5.41, 5.74) is 3.62. The van der Waals surface area contributed by atoms with Crippen LogP contribution in [0.2, 0.25) is 5.02 Å². The second-order valence-corrected chi connectivity index (χ2v) is 6.69. The lowest BCUT2D eigenvalue weighted by Crippen LogP contribution is -2.31. The minimum atomic E-state index is 0.186. The van der Waals surface area contributed by atoms with Crippen molar-refractivity contribution < 1.29 is 4.79 Å². The molecule has 0 fully saturated rings. The fourth-order valence-corrected chi connectivity index (χ4v) is 3.14. The van der Waals surface area contributed by atoms with Crippen molar-refractivity contribution in [1.29, 1.82) is 0 Å². The van der Waals surface area contributed by atoms with Gasteiger partial charge >= 0.3 is 0 Å². The smallest absolute Gasteiger partial charge is 0.164 e. The van der Waals surface area contributed by atoms with Gasteiger partial charge in [-0.2, -0.15) is 0 Å². The number of hydrogen-bond donors (Lipinski definition) is 0. The highest BCUT2D eigenvalue weighted by Crippen LogP contribution is 2.17. The molecule has 0 radical (unpaired) electrons. The average molecular weight is 340 g/mol. The molecule has 0 unspecified atom stereocenters. The minimum Gasteiger partial charge on any atom is -0.299 e. The normalized spacial score (nSPS) is 15.1. The molecule has 0 aromatic heterocycles. The van der Waals surface area contributed by atoms with E-state index in [1.807, 2.05) is 0 Å². The standard InChI is InChI=1S/C21H22ClNO/c22-20-8-6-19(7-9-20)21(24)12-15-23-13-10-18(11-14-23)16-17-4-2-1-3-5-17/h1-10H,11-16H2. The molecule has 124 valence electrons. The molecule has 0 spiro atoms. The lowest BCUT2D eigenvalue weighted by Gasteiger charge is -2.26. The third kappa shape index (κ3) is 4.80. The highest BCUT2D eigenvalue weighted by atomic mass is 35.5. The number of carbonyl (C=O) groups is 1. The molecule has 0 saturated carbocycles. The predicted octanol–water partition coefficient (Wildman–Crippen LogP) is 4.79. The van der Waals surface area contributed by atoms with Gasteiger partial charge in [0.1, 0.15) is 0 Å². The maximum atomic E-state index is 12.2. The van der Waals surface area contributed by atoms with Crippen LogP contribution in [0.25, 0.3) is 0 Å². The van der Waals surface area contributed by atoms with Gasteiger partial charge in [-0.1, -0.05) is 53.6 Å². The van der Waals surface area contributed by atoms with Gasteiger partial charge in [0.15, 0.2) is 5.78 Å². The summed E-state index contributed by atoms with van der Waals surface area (Å²) < 4.78 is 0. The molecule has 2 aromatic rings. The second-order valence-electron chi connectivity index (χ2n) is 6.26. The molecule has 3 heteroatoms. The van der Waals surface area contributed by atoms with Crippen LogP contribution in [0, 0.1) is 0 Å². The van der Waals surface area contributed by atoms with E-state index in [9.17, 15) is 4.79 Å². The molecule has 0 aliphatic carbocycles. The number of carbonyl (C=O) groups excluding carboxylic acids is 1. The van der Waals surface area contributed by atoms with E-state index in [-0.39, 0.29) is 5.78 Å². The largest absolute Gasteiger partial charge is 0.299 e. The van der Waals surface area contributed by atoms with E-state index in [4.69, 9.17) is 11.6 Å². The SMILES string of the molecule is O=C(CCN1CC=C(Cc2ccccc2)CC1)c1ccc(Cl)cc1. The van der Waals surface area contributed by atoms with Gasteiger partial charge in [-0.05, 0) is 42.7 Å². The summed E-state index contributed by atoms with van der Waals surface area (Å²) in [5.74, 6) is 0.186. The van der Waals surface area contributed by atoms with Crippen molar-refractivity contribution >= 4 is 17.4 Å². The molecule has 1 heterocycles. The molecule has 0 N–H and O–H groups in total. The van der Waals surface area contributed by atoms with Crippen LogP contribution in [-0.4, -0.2) is 30.3 Å². The Morgan fingerprint density at radius 2 is 1.79 bits per heavy atom. The summed E-state index contributed by atoms with van der Waals surface area (Å²) in [7, 11) is 0. The quantitative estimate of drug-likeness (QED) is 0.557. The molecule has 3 rings (SSSR count). The number of ketones is 1. The molecule has 0 bridgehead atoms. The molecule has 2 aromatic carbocycles. The summed E-state index contributed by atoms with van der Waals surface area (Å²) in [4.78, 5) is 14.6. The van der Waals surface area contributed by atoms with Crippen molar-refractivity contribution in [1.82, 2.24) is 4.90 Å². The fraction of sp³-hybridized carbons (Fsp3) is 0.286. The van der Waals surface area contributed by atoms with E-state index in [2.05, 4.69) is 41.3 Å². The lowest BCUT2D eigenvalue weighted by atomic mass is 9.99. The van der Waals surface area contributed by atoms with Crippen LogP contribution in [-0.2, 0) is 6.42 Å². The highest BCUT2D eigenvalue weighted by Gasteiger charge is 2.14. The summed E-state index contributed by atoms with van der Waals surface area (Å²) in [6.45, 7) is 2.79. The van der Waals surface area contributed by atoms with E-state index < -0.39 is 0 Å². The van der Waals surface area contributed by atoms with Crippen molar-refractivity contribution in [2.24, 2.45) is 0 Å². The van der Waals surface area contributed by atoms with Gasteiger partial charge in [0.2, 0.25) is 0 Å². The molecule has 0 atom stereocenters. The lowest BCUT2D eigenvalue weighted by molar-refractivity contribution is 0.0966. The van der Waals surface area contributed by atoms with Crippen LogP contribution in [0.3, 0.4) is 0 Å². The third-order valence-electron chi connectivity index (χ3n) is 4.48. The van der Waals surface area contributed by atoms with E-state index in [1.165, 1.54) is 11.1 Å². The van der Waals surface area contributed by atoms with Gasteiger partial charge in [-0.15, -0.1) is 0 Å². The second kappa shape index (κ2) is 8.27. The van der Waals surface area contributed by atoms with E-state index in [1.54, 1.807) is 24.3 Å². The Balaban J connectivity index is 1.46. The molecule has 2 nitrogen and oxygen atoms in total. The van der Waals surface area contributed by atoms with Crippen LogP contribution in [0.1, 0.15) is 28.8 Å². The van der Waals surface area contributed by atoms with Gasteiger partial charge in [0, 0.05) is 36.6 Å². The van der Waals surface area contributed by atoms with Crippen molar-refractivity contribution in [2.45, 2.75) is 19.3 Å². The average Bonchev–Trinajstić information content (AvgIpc) is 2.62. The predicted molar refractivity (Wildman–Crippen MR) is 99.7 cm³/mol. The molecular weight excluding hydrogens is 318 g/mol. The highest BCUT2D eigenvalue weighted by molar-refractivity contribution is 6.30. The Labute approximate surface area is 148 Å². The van der Waals surface area contributed by atoms with Crippen LogP contribution < -0.4 is 0 Å². The van der Waals surface area contributed by atoms with E-state index in [0.717, 1.165) is 38.0 Å². The summed E-state index contributed by atoms with van der Waals surface area (Å²) >= 11 is 5.86. The zero-order valence-electron chi connectivity index (χ0n) is 13.7. The first kappa shape index (κ1) is 16.9. The van der Waals surface area contributed by atoms with Crippen molar-refractivity contribution in [3.05, 3.63) is 82.4 Å². The van der Waals surface area contributed by atoms with Gasteiger partial charge in [0.25, 0.3) is 0 Å². The molecule has 1 aliphatic rings. The van der Waals surface area contributed by atoms with E-state index >= 15 is 0 Å². The minimum absolute atomic E-state index is 0.186. The van der Waals surface area contributed by atoms with E-state index in [0.29, 0.717) is 11.4 Å². The number of Topliss-reactive ketones (excluding diaryl/α,β-unsaturated/α-hetero) is 1. The zero-order chi connectivity index (χ0) is 16.8. The molecular formula is C21H22ClNO. The summed E-state index contributed by atoms with van der Waals surface area (Å²) in [5, 5.41) is 0.665. The Kier molecular flexibility index (Phi) is 5.84. The fourth-order valence-electron chi connectivity index (χ4n) is 3.01. The van der Waals surface area contributed by atoms with Gasteiger partial charge < -0.3 is 0 Å². The van der Waals surface area contributed by atoms with Crippen LogP contribution >= 0.6 is 11.6 Å². The first-order valence-corrected chi connectivity index (χ1v) is 8.81. The van der Waals surface area contributed by atoms with Gasteiger partial charge in [-0.25, -0.2) is 0 Å². The van der Waals surface area contributed by atoms with Crippen molar-refractivity contribution in [3.63, 3.8) is 0 Å². The van der Waals surface area contributed by atoms with Crippen molar-refractivity contribution in [3.8, 4) is 0 Å². The first-order valence-electron chi connectivity index (χ1n) is 8.43. The number of nitrogens with zero attached hydrogens (tertiary/aromatic N) is 1. The Morgan fingerprint density at radius 3 is 2.46 bits per heavy atom. The van der Waals surface area contributed by atoms with Crippen LogP contribution in [0.4, 0.5) is 0 Å².